The van der Waals surface area contributed by atoms with Crippen molar-refractivity contribution in [3.63, 3.8) is 0 Å². The maximum atomic E-state index is 12.6. The zero-order chi connectivity index (χ0) is 21.3. The molecule has 1 aromatic rings. The number of ether oxygens (including phenoxy) is 1. The van der Waals surface area contributed by atoms with E-state index in [1.807, 2.05) is 19.1 Å². The van der Waals surface area contributed by atoms with Gasteiger partial charge in [0, 0.05) is 23.6 Å². The van der Waals surface area contributed by atoms with E-state index in [9.17, 15) is 9.18 Å². The smallest absolute Gasteiger partial charge is 0.328 e. The van der Waals surface area contributed by atoms with E-state index in [2.05, 4.69) is 39.8 Å². The summed E-state index contributed by atoms with van der Waals surface area (Å²) in [5, 5.41) is 8.81. The van der Waals surface area contributed by atoms with Gasteiger partial charge < -0.3 is 9.84 Å². The molecule has 0 aliphatic heterocycles. The molecule has 0 fully saturated rings. The summed E-state index contributed by atoms with van der Waals surface area (Å²) in [4.78, 5) is 10.7. The Balaban J connectivity index is 3.42. The Morgan fingerprint density at radius 2 is 1.93 bits per heavy atom. The van der Waals surface area contributed by atoms with Crippen LogP contribution in [0.4, 0.5) is 4.39 Å². The lowest BCUT2D eigenvalue weighted by Crippen LogP contribution is -2.16. The van der Waals surface area contributed by atoms with Crippen LogP contribution in [0, 0.1) is 0 Å². The van der Waals surface area contributed by atoms with Gasteiger partial charge in [-0.1, -0.05) is 52.0 Å². The molecule has 3 nitrogen and oxygen atoms in total. The Kier molecular flexibility index (Phi) is 9.17. The number of carboxylic acids is 1. The maximum absolute atomic E-state index is 12.6. The normalized spacial score (nSPS) is 13.2. The van der Waals surface area contributed by atoms with E-state index >= 15 is 0 Å². The van der Waals surface area contributed by atoms with E-state index in [4.69, 9.17) is 9.84 Å². The minimum Gasteiger partial charge on any atom is -0.493 e. The Bertz CT molecular complexity index is 765. The Morgan fingerprint density at radius 1 is 1.25 bits per heavy atom. The molecule has 1 N–H and O–H groups in total. The van der Waals surface area contributed by atoms with Crippen molar-refractivity contribution in [3.8, 4) is 5.75 Å². The van der Waals surface area contributed by atoms with Gasteiger partial charge in [-0.15, -0.1) is 0 Å². The van der Waals surface area contributed by atoms with Gasteiger partial charge in [0.15, 0.2) is 0 Å². The first kappa shape index (κ1) is 23.7. The van der Waals surface area contributed by atoms with E-state index < -0.39 is 12.6 Å². The monoisotopic (exact) mass is 388 g/mol. The van der Waals surface area contributed by atoms with Crippen molar-refractivity contribution in [2.75, 3.05) is 13.3 Å². The number of alkyl halides is 1. The summed E-state index contributed by atoms with van der Waals surface area (Å²) < 4.78 is 18.6. The lowest BCUT2D eigenvalue weighted by Gasteiger charge is -2.26. The van der Waals surface area contributed by atoms with Gasteiger partial charge in [-0.3, -0.25) is 4.39 Å². The van der Waals surface area contributed by atoms with Crippen molar-refractivity contribution >= 4 is 11.5 Å². The Hall–Kier alpha value is -2.36. The topological polar surface area (TPSA) is 46.5 Å². The molecular weight excluding hydrogens is 355 g/mol. The lowest BCUT2D eigenvalue weighted by atomic mass is 9.82. The third kappa shape index (κ3) is 7.34. The third-order valence-electron chi connectivity index (χ3n) is 4.37. The number of carboxylic acid groups (broad SMARTS) is 1. The zero-order valence-electron chi connectivity index (χ0n) is 17.9. The first-order valence-corrected chi connectivity index (χ1v) is 9.72. The van der Waals surface area contributed by atoms with Gasteiger partial charge in [0.1, 0.15) is 5.75 Å². The largest absolute Gasteiger partial charge is 0.493 e. The summed E-state index contributed by atoms with van der Waals surface area (Å²) >= 11 is 0. The third-order valence-corrected chi connectivity index (χ3v) is 4.37. The minimum atomic E-state index is -0.961. The standard InChI is InChI=1S/C24H33FO3/c1-7-19-15-20(18(3)11-8-10-17(2)14-22(26)27)23(28-13-9-12-25)21(16-19)24(4,5)6/h8,10-11,14-16H,7,9,12-13H2,1-6H3,(H,26,27). The van der Waals surface area contributed by atoms with Crippen molar-refractivity contribution in [1.82, 2.24) is 0 Å². The van der Waals surface area contributed by atoms with E-state index in [1.54, 1.807) is 13.0 Å². The van der Waals surface area contributed by atoms with Crippen LogP contribution in [0.15, 0.2) is 42.0 Å². The fourth-order valence-electron chi connectivity index (χ4n) is 2.80. The molecule has 0 saturated heterocycles. The molecule has 28 heavy (non-hydrogen) atoms. The molecular formula is C24H33FO3. The average Bonchev–Trinajstić information content (AvgIpc) is 2.60. The summed E-state index contributed by atoms with van der Waals surface area (Å²) in [6.45, 7) is 12.2. The van der Waals surface area contributed by atoms with Crippen LogP contribution in [0.1, 0.15) is 64.7 Å². The van der Waals surface area contributed by atoms with Gasteiger partial charge in [0.25, 0.3) is 0 Å². The van der Waals surface area contributed by atoms with E-state index in [0.717, 1.165) is 28.9 Å². The first-order valence-electron chi connectivity index (χ1n) is 9.72. The van der Waals surface area contributed by atoms with Crippen LogP contribution < -0.4 is 4.74 Å². The number of aliphatic carboxylic acids is 1. The maximum Gasteiger partial charge on any atom is 0.328 e. The van der Waals surface area contributed by atoms with Gasteiger partial charge in [-0.05, 0) is 48.5 Å². The number of hydrogen-bond acceptors (Lipinski definition) is 2. The van der Waals surface area contributed by atoms with Gasteiger partial charge in [0.05, 0.1) is 13.3 Å². The molecule has 0 aliphatic rings. The molecule has 1 aromatic carbocycles. The molecule has 4 heteroatoms. The molecule has 0 bridgehead atoms. The average molecular weight is 389 g/mol. The van der Waals surface area contributed by atoms with Crippen LogP contribution in [0.25, 0.3) is 5.57 Å². The van der Waals surface area contributed by atoms with Crippen molar-refractivity contribution in [2.24, 2.45) is 0 Å². The number of hydrogen-bond donors (Lipinski definition) is 1. The summed E-state index contributed by atoms with van der Waals surface area (Å²) in [6.07, 6.45) is 7.98. The van der Waals surface area contributed by atoms with Gasteiger partial charge >= 0.3 is 5.97 Å². The molecule has 154 valence electrons. The summed E-state index contributed by atoms with van der Waals surface area (Å²) in [5.74, 6) is -0.157. The predicted octanol–water partition coefficient (Wildman–Crippen LogP) is 6.28. The SMILES string of the molecule is CCc1cc(C(C)=CC=CC(C)=CC(=O)O)c(OCCCF)c(C(C)(C)C)c1. The number of rotatable bonds is 9. The predicted molar refractivity (Wildman–Crippen MR) is 115 cm³/mol. The quantitative estimate of drug-likeness (QED) is 0.308. The molecule has 1 rings (SSSR count). The van der Waals surface area contributed by atoms with Crippen molar-refractivity contribution in [3.05, 3.63) is 58.7 Å². The molecule has 0 unspecified atom stereocenters. The highest BCUT2D eigenvalue weighted by atomic mass is 19.1. The fourth-order valence-corrected chi connectivity index (χ4v) is 2.80. The first-order chi connectivity index (χ1) is 13.1. The van der Waals surface area contributed by atoms with E-state index in [0.29, 0.717) is 18.6 Å². The van der Waals surface area contributed by atoms with Crippen molar-refractivity contribution < 1.29 is 19.0 Å². The Morgan fingerprint density at radius 3 is 2.46 bits per heavy atom. The van der Waals surface area contributed by atoms with Crippen LogP contribution in [0.5, 0.6) is 5.75 Å². The molecule has 0 atom stereocenters. The van der Waals surface area contributed by atoms with Crippen LogP contribution in [0.2, 0.25) is 0 Å². The summed E-state index contributed by atoms with van der Waals surface area (Å²) in [7, 11) is 0. The van der Waals surface area contributed by atoms with Crippen LogP contribution in [-0.2, 0) is 16.6 Å². The number of allylic oxidation sites excluding steroid dienone is 5. The second-order valence-electron chi connectivity index (χ2n) is 7.95. The van der Waals surface area contributed by atoms with Crippen LogP contribution in [-0.4, -0.2) is 24.4 Å². The van der Waals surface area contributed by atoms with Gasteiger partial charge in [0.2, 0.25) is 0 Å². The Labute approximate surface area is 168 Å². The summed E-state index contributed by atoms with van der Waals surface area (Å²) in [5.41, 5.74) is 4.88. The molecule has 0 spiro atoms. The summed E-state index contributed by atoms with van der Waals surface area (Å²) in [6, 6.07) is 4.30. The number of aryl methyl sites for hydroxylation is 1. The lowest BCUT2D eigenvalue weighted by molar-refractivity contribution is -0.131. The minimum absolute atomic E-state index is 0.109. The molecule has 0 saturated carbocycles. The van der Waals surface area contributed by atoms with Crippen LogP contribution >= 0.6 is 0 Å². The highest BCUT2D eigenvalue weighted by Gasteiger charge is 2.23. The zero-order valence-corrected chi connectivity index (χ0v) is 17.9. The fraction of sp³-hybridized carbons (Fsp3) is 0.458. The van der Waals surface area contributed by atoms with Crippen molar-refractivity contribution in [1.29, 1.82) is 0 Å². The molecule has 0 heterocycles. The van der Waals surface area contributed by atoms with E-state index in [1.165, 1.54) is 11.6 Å². The number of benzene rings is 1. The number of carbonyl (C=O) groups is 1. The second-order valence-corrected chi connectivity index (χ2v) is 7.95. The van der Waals surface area contributed by atoms with Gasteiger partial charge in [-0.25, -0.2) is 4.79 Å². The molecule has 0 radical (unpaired) electrons. The second kappa shape index (κ2) is 10.8. The van der Waals surface area contributed by atoms with Crippen LogP contribution in [0.3, 0.4) is 0 Å². The molecule has 0 aliphatic carbocycles. The van der Waals surface area contributed by atoms with E-state index in [-0.39, 0.29) is 5.41 Å². The highest BCUT2D eigenvalue weighted by molar-refractivity contribution is 5.81. The number of halogens is 1. The highest BCUT2D eigenvalue weighted by Crippen LogP contribution is 2.38. The molecule has 0 aromatic heterocycles. The molecule has 0 amide bonds. The van der Waals surface area contributed by atoms with Crippen molar-refractivity contribution in [2.45, 2.75) is 59.8 Å². The van der Waals surface area contributed by atoms with Gasteiger partial charge in [-0.2, -0.15) is 0 Å².